The highest BCUT2D eigenvalue weighted by atomic mass is 19.1. The zero-order valence-corrected chi connectivity index (χ0v) is 25.2. The molecule has 1 saturated carbocycles. The Hall–Kier alpha value is -6.20. The highest BCUT2D eigenvalue weighted by Gasteiger charge is 2.46. The highest BCUT2D eigenvalue weighted by molar-refractivity contribution is 6.10. The molecule has 5 aromatic carbocycles. The summed E-state index contributed by atoms with van der Waals surface area (Å²) >= 11 is 0. The summed E-state index contributed by atoms with van der Waals surface area (Å²) < 4.78 is 16.3. The molecule has 1 aliphatic rings. The number of aromatic carboxylic acids is 1. The molecular weight excluding hydrogens is 591 g/mol. The van der Waals surface area contributed by atoms with Crippen molar-refractivity contribution in [1.29, 1.82) is 5.26 Å². The van der Waals surface area contributed by atoms with E-state index in [1.54, 1.807) is 42.5 Å². The summed E-state index contributed by atoms with van der Waals surface area (Å²) in [6.45, 7) is 0.494. The summed E-state index contributed by atoms with van der Waals surface area (Å²) in [4.78, 5) is 25.5. The van der Waals surface area contributed by atoms with E-state index in [2.05, 4.69) is 41.0 Å². The number of anilines is 2. The average molecular weight is 621 g/mol. The second kappa shape index (κ2) is 12.0. The van der Waals surface area contributed by atoms with Crippen molar-refractivity contribution in [3.63, 3.8) is 0 Å². The maximum absolute atomic E-state index is 14.3. The molecule has 6 aromatic rings. The van der Waals surface area contributed by atoms with Crippen molar-refractivity contribution in [2.24, 2.45) is 0 Å². The minimum absolute atomic E-state index is 0.190. The van der Waals surface area contributed by atoms with E-state index in [0.717, 1.165) is 40.5 Å². The van der Waals surface area contributed by atoms with Crippen molar-refractivity contribution >= 4 is 34.2 Å². The predicted octanol–water partition coefficient (Wildman–Crippen LogP) is 8.23. The number of carbonyl (C=O) groups is 2. The Kier molecular flexibility index (Phi) is 7.50. The first-order valence-corrected chi connectivity index (χ1v) is 15.2. The largest absolute Gasteiger partial charge is 0.478 e. The number of hydrogen-bond acceptors (Lipinski definition) is 4. The van der Waals surface area contributed by atoms with Crippen molar-refractivity contribution in [1.82, 2.24) is 9.88 Å². The first-order valence-electron chi connectivity index (χ1n) is 15.2. The molecule has 1 aliphatic carbocycles. The van der Waals surface area contributed by atoms with E-state index in [1.165, 1.54) is 12.1 Å². The molecule has 8 heteroatoms. The van der Waals surface area contributed by atoms with Gasteiger partial charge in [0.05, 0.1) is 33.8 Å². The first-order chi connectivity index (χ1) is 22.8. The molecule has 7 nitrogen and oxygen atoms in total. The Balaban J connectivity index is 1.27. The second-order valence-corrected chi connectivity index (χ2v) is 11.8. The number of amides is 1. The lowest BCUT2D eigenvalue weighted by molar-refractivity contribution is 0.0696. The lowest BCUT2D eigenvalue weighted by Crippen LogP contribution is -2.35. The quantitative estimate of drug-likeness (QED) is 0.151. The molecule has 1 heterocycles. The van der Waals surface area contributed by atoms with Gasteiger partial charge in [-0.1, -0.05) is 60.7 Å². The molecule has 0 bridgehead atoms. The van der Waals surface area contributed by atoms with E-state index in [9.17, 15) is 24.3 Å². The van der Waals surface area contributed by atoms with Crippen LogP contribution in [0.3, 0.4) is 0 Å². The molecule has 230 valence electrons. The maximum Gasteiger partial charge on any atom is 0.335 e. The van der Waals surface area contributed by atoms with E-state index in [0.29, 0.717) is 29.0 Å². The summed E-state index contributed by atoms with van der Waals surface area (Å²) in [5.74, 6) is -1.78. The average Bonchev–Trinajstić information content (AvgIpc) is 3.75. The first kappa shape index (κ1) is 29.5. The SMILES string of the molecule is N#Cc1cc(F)cc(Nc2ccc(C(=O)NC3(c4ccc(C(=O)O)cc4)CC3)c3c2ccn3Cc2cccc(-c3ccccc3)c2)c1. The zero-order chi connectivity index (χ0) is 32.5. The molecule has 3 N–H and O–H groups in total. The number of nitrogens with zero attached hydrogens (tertiary/aromatic N) is 2. The van der Waals surface area contributed by atoms with E-state index in [4.69, 9.17) is 0 Å². The molecule has 1 aromatic heterocycles. The molecule has 47 heavy (non-hydrogen) atoms. The van der Waals surface area contributed by atoms with Crippen LogP contribution in [0, 0.1) is 17.1 Å². The molecular formula is C39H29FN4O3. The van der Waals surface area contributed by atoms with Crippen LogP contribution in [-0.4, -0.2) is 21.6 Å². The van der Waals surface area contributed by atoms with Gasteiger partial charge in [-0.3, -0.25) is 4.79 Å². The van der Waals surface area contributed by atoms with E-state index >= 15 is 0 Å². The number of benzene rings is 5. The number of carboxylic acids is 1. The molecule has 1 fully saturated rings. The van der Waals surface area contributed by atoms with Gasteiger partial charge in [-0.05, 0) is 89.7 Å². The summed E-state index contributed by atoms with van der Waals surface area (Å²) in [7, 11) is 0. The minimum atomic E-state index is -1.00. The highest BCUT2D eigenvalue weighted by Crippen LogP contribution is 2.46. The molecule has 0 aliphatic heterocycles. The zero-order valence-electron chi connectivity index (χ0n) is 25.2. The number of carbonyl (C=O) groups excluding carboxylic acids is 1. The van der Waals surface area contributed by atoms with Gasteiger partial charge in [0.15, 0.2) is 0 Å². The van der Waals surface area contributed by atoms with Gasteiger partial charge >= 0.3 is 5.97 Å². The van der Waals surface area contributed by atoms with Crippen LogP contribution in [0.4, 0.5) is 15.8 Å². The van der Waals surface area contributed by atoms with Crippen LogP contribution in [-0.2, 0) is 12.1 Å². The maximum atomic E-state index is 14.3. The third kappa shape index (κ3) is 5.95. The van der Waals surface area contributed by atoms with Crippen LogP contribution >= 0.6 is 0 Å². The third-order valence-electron chi connectivity index (χ3n) is 8.65. The number of carboxylic acid groups (broad SMARTS) is 1. The third-order valence-corrected chi connectivity index (χ3v) is 8.65. The normalized spacial score (nSPS) is 13.1. The van der Waals surface area contributed by atoms with Gasteiger partial charge in [0, 0.05) is 29.5 Å². The van der Waals surface area contributed by atoms with Crippen LogP contribution in [0.25, 0.3) is 22.0 Å². The van der Waals surface area contributed by atoms with Crippen LogP contribution in [0.2, 0.25) is 0 Å². The molecule has 1 amide bonds. The smallest absolute Gasteiger partial charge is 0.335 e. The molecule has 0 saturated heterocycles. The van der Waals surface area contributed by atoms with Gasteiger partial charge in [-0.15, -0.1) is 0 Å². The van der Waals surface area contributed by atoms with Crippen LogP contribution < -0.4 is 10.6 Å². The molecule has 0 unspecified atom stereocenters. The van der Waals surface area contributed by atoms with E-state index < -0.39 is 17.3 Å². The Morgan fingerprint density at radius 1 is 0.872 bits per heavy atom. The predicted molar refractivity (Wildman–Crippen MR) is 179 cm³/mol. The van der Waals surface area contributed by atoms with E-state index in [1.807, 2.05) is 47.2 Å². The summed E-state index contributed by atoms with van der Waals surface area (Å²) in [5, 5.41) is 25.9. The van der Waals surface area contributed by atoms with Crippen molar-refractivity contribution in [3.05, 3.63) is 155 Å². The van der Waals surface area contributed by atoms with Gasteiger partial charge in [0.25, 0.3) is 5.91 Å². The fourth-order valence-corrected chi connectivity index (χ4v) is 6.13. The molecule has 7 rings (SSSR count). The Morgan fingerprint density at radius 2 is 1.64 bits per heavy atom. The van der Waals surface area contributed by atoms with Crippen molar-refractivity contribution in [2.45, 2.75) is 24.9 Å². The Labute approximate surface area is 270 Å². The van der Waals surface area contributed by atoms with Crippen LogP contribution in [0.1, 0.15) is 50.2 Å². The van der Waals surface area contributed by atoms with Gasteiger partial charge in [0.1, 0.15) is 5.82 Å². The Bertz CT molecular complexity index is 2200. The van der Waals surface area contributed by atoms with Crippen molar-refractivity contribution < 1.29 is 19.1 Å². The van der Waals surface area contributed by atoms with E-state index in [-0.39, 0.29) is 17.0 Å². The minimum Gasteiger partial charge on any atom is -0.478 e. The fraction of sp³-hybridized carbons (Fsp3) is 0.103. The lowest BCUT2D eigenvalue weighted by Gasteiger charge is -2.20. The van der Waals surface area contributed by atoms with Crippen LogP contribution in [0.5, 0.6) is 0 Å². The summed E-state index contributed by atoms with van der Waals surface area (Å²) in [6.07, 6.45) is 3.41. The Morgan fingerprint density at radius 3 is 2.36 bits per heavy atom. The van der Waals surface area contributed by atoms with Crippen LogP contribution in [0.15, 0.2) is 121 Å². The number of fused-ring (bicyclic) bond motifs is 1. The number of nitriles is 1. The van der Waals surface area contributed by atoms with Crippen molar-refractivity contribution in [3.8, 4) is 17.2 Å². The lowest BCUT2D eigenvalue weighted by atomic mass is 10.0. The van der Waals surface area contributed by atoms with Gasteiger partial charge < -0.3 is 20.3 Å². The molecule has 0 radical (unpaired) electrons. The molecule has 0 atom stereocenters. The molecule has 0 spiro atoms. The number of rotatable bonds is 9. The number of halogens is 1. The number of hydrogen-bond donors (Lipinski definition) is 3. The van der Waals surface area contributed by atoms with Gasteiger partial charge in [-0.2, -0.15) is 5.26 Å². The standard InChI is InChI=1S/C39H29FN4O3/c40-31-20-26(23-41)21-32(22-31)42-35-14-13-34(37(45)43-39(16-17-39)30-11-9-28(10-12-30)38(46)47)36-33(35)15-18-44(36)24-25-5-4-8-29(19-25)27-6-2-1-3-7-27/h1-15,18-22,42H,16-17,24H2,(H,43,45)(H,46,47). The number of nitrogens with one attached hydrogen (secondary N) is 2. The summed E-state index contributed by atoms with van der Waals surface area (Å²) in [5.41, 5.74) is 6.17. The fourth-order valence-electron chi connectivity index (χ4n) is 6.13. The van der Waals surface area contributed by atoms with Gasteiger partial charge in [-0.25, -0.2) is 9.18 Å². The second-order valence-electron chi connectivity index (χ2n) is 11.8. The number of aromatic nitrogens is 1. The summed E-state index contributed by atoms with van der Waals surface area (Å²) in [6, 6.07) is 36.6. The monoisotopic (exact) mass is 620 g/mol. The topological polar surface area (TPSA) is 107 Å². The van der Waals surface area contributed by atoms with Gasteiger partial charge in [0.2, 0.25) is 0 Å². The van der Waals surface area contributed by atoms with Crippen molar-refractivity contribution in [2.75, 3.05) is 5.32 Å².